The van der Waals surface area contributed by atoms with Crippen LogP contribution < -0.4 is 5.32 Å². The van der Waals surface area contributed by atoms with Crippen LogP contribution in [0, 0.1) is 5.41 Å². The molecule has 0 aromatic carbocycles. The first-order valence-corrected chi connectivity index (χ1v) is 6.93. The van der Waals surface area contributed by atoms with Gasteiger partial charge in [-0.15, -0.1) is 0 Å². The second kappa shape index (κ2) is 5.72. The molecule has 0 bridgehead atoms. The second-order valence-corrected chi connectivity index (χ2v) is 5.85. The zero-order chi connectivity index (χ0) is 11.4. The summed E-state index contributed by atoms with van der Waals surface area (Å²) < 4.78 is 0. The Morgan fingerprint density at radius 3 is 2.88 bits per heavy atom. The fourth-order valence-corrected chi connectivity index (χ4v) is 3.31. The molecule has 16 heavy (non-hydrogen) atoms. The summed E-state index contributed by atoms with van der Waals surface area (Å²) in [7, 11) is 0. The van der Waals surface area contributed by atoms with Crippen LogP contribution in [0.25, 0.3) is 0 Å². The largest absolute Gasteiger partial charge is 0.316 e. The molecule has 1 N–H and O–H groups in total. The maximum Gasteiger partial charge on any atom is 0.0434 e. The highest BCUT2D eigenvalue weighted by Crippen LogP contribution is 2.36. The Morgan fingerprint density at radius 1 is 1.38 bits per heavy atom. The average Bonchev–Trinajstić information content (AvgIpc) is 2.30. The van der Waals surface area contributed by atoms with Crippen molar-refractivity contribution in [3.63, 3.8) is 0 Å². The Bertz CT molecular complexity index is 254. The van der Waals surface area contributed by atoms with Crippen molar-refractivity contribution in [2.45, 2.75) is 25.7 Å². The SMILES string of the molecule is Cl/C=C(/Cl)CN1CCCC2(CCCNC2)C1. The van der Waals surface area contributed by atoms with Gasteiger partial charge in [0.05, 0.1) is 0 Å². The number of nitrogens with one attached hydrogen (secondary N) is 1. The molecule has 0 amide bonds. The van der Waals surface area contributed by atoms with E-state index in [0.717, 1.165) is 18.1 Å². The Balaban J connectivity index is 1.92. The van der Waals surface area contributed by atoms with Crippen LogP contribution in [0.3, 0.4) is 0 Å². The van der Waals surface area contributed by atoms with E-state index in [1.165, 1.54) is 50.9 Å². The number of halogens is 2. The number of hydrogen-bond donors (Lipinski definition) is 1. The fourth-order valence-electron chi connectivity index (χ4n) is 3.07. The van der Waals surface area contributed by atoms with Gasteiger partial charge < -0.3 is 5.32 Å². The van der Waals surface area contributed by atoms with Gasteiger partial charge in [-0.3, -0.25) is 4.90 Å². The smallest absolute Gasteiger partial charge is 0.0434 e. The lowest BCUT2D eigenvalue weighted by Gasteiger charge is -2.45. The van der Waals surface area contributed by atoms with Crippen molar-refractivity contribution in [2.75, 3.05) is 32.7 Å². The van der Waals surface area contributed by atoms with Crippen molar-refractivity contribution in [3.05, 3.63) is 10.6 Å². The molecule has 1 unspecified atom stereocenters. The molecule has 2 rings (SSSR count). The van der Waals surface area contributed by atoms with Gasteiger partial charge in [-0.1, -0.05) is 23.2 Å². The lowest BCUT2D eigenvalue weighted by atomic mass is 9.74. The first-order chi connectivity index (χ1) is 7.74. The normalized spacial score (nSPS) is 33.2. The van der Waals surface area contributed by atoms with Crippen LogP contribution in [-0.4, -0.2) is 37.6 Å². The molecule has 2 aliphatic rings. The van der Waals surface area contributed by atoms with Crippen LogP contribution in [0.2, 0.25) is 0 Å². The average molecular weight is 263 g/mol. The van der Waals surface area contributed by atoms with Gasteiger partial charge in [0.2, 0.25) is 0 Å². The van der Waals surface area contributed by atoms with E-state index >= 15 is 0 Å². The maximum absolute atomic E-state index is 6.00. The highest BCUT2D eigenvalue weighted by Gasteiger charge is 2.36. The van der Waals surface area contributed by atoms with E-state index in [-0.39, 0.29) is 0 Å². The molecular weight excluding hydrogens is 243 g/mol. The maximum atomic E-state index is 6.00. The van der Waals surface area contributed by atoms with Crippen molar-refractivity contribution in [2.24, 2.45) is 5.41 Å². The van der Waals surface area contributed by atoms with Crippen molar-refractivity contribution in [1.29, 1.82) is 0 Å². The minimum Gasteiger partial charge on any atom is -0.316 e. The molecule has 4 heteroatoms. The molecule has 92 valence electrons. The molecule has 2 fully saturated rings. The number of likely N-dealkylation sites (tertiary alicyclic amines) is 1. The van der Waals surface area contributed by atoms with Gasteiger partial charge in [-0.05, 0) is 44.2 Å². The minimum atomic E-state index is 0.500. The van der Waals surface area contributed by atoms with Crippen LogP contribution >= 0.6 is 23.2 Å². The molecule has 2 saturated heterocycles. The second-order valence-electron chi connectivity index (χ2n) is 5.15. The van der Waals surface area contributed by atoms with Crippen LogP contribution in [0.4, 0.5) is 0 Å². The summed E-state index contributed by atoms with van der Waals surface area (Å²) >= 11 is 11.6. The third kappa shape index (κ3) is 3.13. The molecule has 0 saturated carbocycles. The predicted octanol–water partition coefficient (Wildman–Crippen LogP) is 2.77. The topological polar surface area (TPSA) is 15.3 Å². The predicted molar refractivity (Wildman–Crippen MR) is 70.0 cm³/mol. The summed E-state index contributed by atoms with van der Waals surface area (Å²) in [5, 5.41) is 4.29. The monoisotopic (exact) mass is 262 g/mol. The molecule has 0 aromatic rings. The molecule has 2 heterocycles. The highest BCUT2D eigenvalue weighted by atomic mass is 35.5. The molecule has 0 aliphatic carbocycles. The van der Waals surface area contributed by atoms with Crippen molar-refractivity contribution < 1.29 is 0 Å². The van der Waals surface area contributed by atoms with Crippen LogP contribution in [0.5, 0.6) is 0 Å². The van der Waals surface area contributed by atoms with Crippen molar-refractivity contribution >= 4 is 23.2 Å². The lowest BCUT2D eigenvalue weighted by molar-refractivity contribution is 0.0715. The standard InChI is InChI=1S/C12H20Cl2N2/c13-7-11(14)8-16-6-2-4-12(10-16)3-1-5-15-9-12/h7,15H,1-6,8-10H2/b11-7+. The molecule has 0 radical (unpaired) electrons. The summed E-state index contributed by atoms with van der Waals surface area (Å²) in [5.74, 6) is 0. The van der Waals surface area contributed by atoms with E-state index < -0.39 is 0 Å². The van der Waals surface area contributed by atoms with Gasteiger partial charge in [-0.25, -0.2) is 0 Å². The Labute approximate surface area is 108 Å². The number of hydrogen-bond acceptors (Lipinski definition) is 2. The summed E-state index contributed by atoms with van der Waals surface area (Å²) in [5.41, 5.74) is 1.99. The summed E-state index contributed by atoms with van der Waals surface area (Å²) in [6, 6.07) is 0. The minimum absolute atomic E-state index is 0.500. The molecule has 2 nitrogen and oxygen atoms in total. The van der Waals surface area contributed by atoms with Gasteiger partial charge in [0.1, 0.15) is 0 Å². The highest BCUT2D eigenvalue weighted by molar-refractivity contribution is 6.36. The quantitative estimate of drug-likeness (QED) is 0.824. The zero-order valence-electron chi connectivity index (χ0n) is 9.64. The Morgan fingerprint density at radius 2 is 2.19 bits per heavy atom. The summed E-state index contributed by atoms with van der Waals surface area (Å²) in [6.45, 7) is 5.49. The molecular formula is C12H20Cl2N2. The first-order valence-electron chi connectivity index (χ1n) is 6.12. The van der Waals surface area contributed by atoms with Gasteiger partial charge in [0.25, 0.3) is 0 Å². The number of nitrogens with zero attached hydrogens (tertiary/aromatic N) is 1. The van der Waals surface area contributed by atoms with Gasteiger partial charge in [0, 0.05) is 30.2 Å². The van der Waals surface area contributed by atoms with Gasteiger partial charge in [0.15, 0.2) is 0 Å². The Hall–Kier alpha value is 0.240. The molecule has 1 spiro atoms. The zero-order valence-corrected chi connectivity index (χ0v) is 11.2. The van der Waals surface area contributed by atoms with E-state index in [4.69, 9.17) is 23.2 Å². The summed E-state index contributed by atoms with van der Waals surface area (Å²) in [6.07, 6.45) is 5.32. The third-order valence-electron chi connectivity index (χ3n) is 3.79. The van der Waals surface area contributed by atoms with E-state index in [1.807, 2.05) is 0 Å². The third-order valence-corrected chi connectivity index (χ3v) is 4.40. The summed E-state index contributed by atoms with van der Waals surface area (Å²) in [4.78, 5) is 2.44. The van der Waals surface area contributed by atoms with E-state index in [0.29, 0.717) is 5.41 Å². The van der Waals surface area contributed by atoms with Crippen LogP contribution in [0.15, 0.2) is 10.6 Å². The van der Waals surface area contributed by atoms with Crippen LogP contribution in [-0.2, 0) is 0 Å². The Kier molecular flexibility index (Phi) is 4.54. The van der Waals surface area contributed by atoms with Gasteiger partial charge >= 0.3 is 0 Å². The number of piperidine rings is 2. The van der Waals surface area contributed by atoms with E-state index in [1.54, 1.807) is 0 Å². The molecule has 2 aliphatic heterocycles. The van der Waals surface area contributed by atoms with Crippen LogP contribution in [0.1, 0.15) is 25.7 Å². The van der Waals surface area contributed by atoms with Crippen molar-refractivity contribution in [3.8, 4) is 0 Å². The van der Waals surface area contributed by atoms with E-state index in [2.05, 4.69) is 10.2 Å². The van der Waals surface area contributed by atoms with Gasteiger partial charge in [-0.2, -0.15) is 0 Å². The first kappa shape index (κ1) is 12.7. The molecule has 0 aromatic heterocycles. The lowest BCUT2D eigenvalue weighted by Crippen LogP contribution is -2.51. The number of rotatable bonds is 2. The van der Waals surface area contributed by atoms with E-state index in [9.17, 15) is 0 Å². The molecule has 1 atom stereocenters. The van der Waals surface area contributed by atoms with Crippen molar-refractivity contribution in [1.82, 2.24) is 10.2 Å². The fraction of sp³-hybridized carbons (Fsp3) is 0.833.